The third kappa shape index (κ3) is 9.04. The van der Waals surface area contributed by atoms with Gasteiger partial charge in [0.15, 0.2) is 0 Å². The molecule has 0 amide bonds. The van der Waals surface area contributed by atoms with Crippen molar-refractivity contribution in [1.82, 2.24) is 0 Å². The van der Waals surface area contributed by atoms with Crippen molar-refractivity contribution in [3.05, 3.63) is 24.3 Å². The van der Waals surface area contributed by atoms with Crippen molar-refractivity contribution in [2.75, 3.05) is 0 Å². The van der Waals surface area contributed by atoms with Gasteiger partial charge in [0.2, 0.25) is 0 Å². The molecule has 0 rings (SSSR count). The average molecular weight is 162 g/mol. The summed E-state index contributed by atoms with van der Waals surface area (Å²) in [4.78, 5) is 0. The minimum Gasteiger partial charge on any atom is -0.0985 e. The van der Waals surface area contributed by atoms with E-state index in [0.29, 0.717) is 0 Å². The Balaban J connectivity index is 3.40. The maximum atomic E-state index is 3.75. The first-order chi connectivity index (χ1) is 5.77. The van der Waals surface area contributed by atoms with Gasteiger partial charge in [0, 0.05) is 6.42 Å². The zero-order valence-electron chi connectivity index (χ0n) is 8.19. The van der Waals surface area contributed by atoms with Gasteiger partial charge in [0.25, 0.3) is 0 Å². The molecule has 12 heavy (non-hydrogen) atoms. The van der Waals surface area contributed by atoms with Crippen molar-refractivity contribution in [2.45, 2.75) is 39.5 Å². The lowest BCUT2D eigenvalue weighted by molar-refractivity contribution is 0.737. The van der Waals surface area contributed by atoms with E-state index in [9.17, 15) is 0 Å². The van der Waals surface area contributed by atoms with Gasteiger partial charge < -0.3 is 0 Å². The summed E-state index contributed by atoms with van der Waals surface area (Å²) in [6, 6.07) is 0. The maximum Gasteiger partial charge on any atom is 0.00922 e. The lowest BCUT2D eigenvalue weighted by atomic mass is 10.2. The van der Waals surface area contributed by atoms with Crippen molar-refractivity contribution in [1.29, 1.82) is 0 Å². The summed E-state index contributed by atoms with van der Waals surface area (Å²) >= 11 is 0. The Labute approximate surface area is 76.4 Å². The molecule has 0 spiro atoms. The molecular weight excluding hydrogens is 144 g/mol. The molecule has 0 nitrogen and oxygen atoms in total. The predicted octanol–water partition coefficient (Wildman–Crippen LogP) is 3.70. The number of allylic oxidation sites excluding steroid dienone is 3. The van der Waals surface area contributed by atoms with Crippen LogP contribution in [-0.2, 0) is 0 Å². The number of rotatable bonds is 4. The molecule has 0 heteroatoms. The lowest BCUT2D eigenvalue weighted by Gasteiger charge is -1.87. The highest BCUT2D eigenvalue weighted by Crippen LogP contribution is 1.96. The summed E-state index contributed by atoms with van der Waals surface area (Å²) in [6.07, 6.45) is 8.61. The highest BCUT2D eigenvalue weighted by molar-refractivity contribution is 5.22. The summed E-state index contributed by atoms with van der Waals surface area (Å²) < 4.78 is 0. The van der Waals surface area contributed by atoms with Gasteiger partial charge in [-0.2, -0.15) is 0 Å². The molecule has 0 fully saturated rings. The van der Waals surface area contributed by atoms with E-state index in [2.05, 4.69) is 25.3 Å². The van der Waals surface area contributed by atoms with Crippen LogP contribution >= 0.6 is 0 Å². The molecule has 0 heterocycles. The molecule has 0 saturated heterocycles. The fourth-order valence-corrected chi connectivity index (χ4v) is 0.778. The van der Waals surface area contributed by atoms with Gasteiger partial charge in [-0.1, -0.05) is 49.8 Å². The third-order valence-electron chi connectivity index (χ3n) is 1.46. The molecular formula is C12H18. The average Bonchev–Trinajstić information content (AvgIpc) is 2.02. The minimum atomic E-state index is 1.02. The molecule has 0 bridgehead atoms. The molecule has 0 aliphatic rings. The molecule has 0 aromatic carbocycles. The standard InChI is InChI=1S/C12H18/c1-4-5-6-7-8-9-10-11-12(2)3/h10-11H,2,4-7H2,1,3H3/b11-10+. The van der Waals surface area contributed by atoms with E-state index in [1.54, 1.807) is 0 Å². The van der Waals surface area contributed by atoms with Crippen molar-refractivity contribution < 1.29 is 0 Å². The Kier molecular flexibility index (Phi) is 7.49. The molecule has 0 unspecified atom stereocenters. The van der Waals surface area contributed by atoms with E-state index in [-0.39, 0.29) is 0 Å². The zero-order chi connectivity index (χ0) is 9.23. The highest BCUT2D eigenvalue weighted by atomic mass is 13.8. The van der Waals surface area contributed by atoms with Crippen LogP contribution in [0.2, 0.25) is 0 Å². The molecule has 0 aromatic heterocycles. The first-order valence-electron chi connectivity index (χ1n) is 4.57. The summed E-state index contributed by atoms with van der Waals surface area (Å²) in [5.74, 6) is 6.08. The largest absolute Gasteiger partial charge is 0.0985 e. The van der Waals surface area contributed by atoms with Crippen LogP contribution in [0.3, 0.4) is 0 Å². The molecule has 0 N–H and O–H groups in total. The van der Waals surface area contributed by atoms with Crippen LogP contribution < -0.4 is 0 Å². The van der Waals surface area contributed by atoms with E-state index < -0.39 is 0 Å². The molecule has 0 atom stereocenters. The van der Waals surface area contributed by atoms with Gasteiger partial charge in [-0.15, -0.1) is 0 Å². The fourth-order valence-electron chi connectivity index (χ4n) is 0.778. The second-order valence-electron chi connectivity index (χ2n) is 2.96. The summed E-state index contributed by atoms with van der Waals surface area (Å²) in [6.45, 7) is 7.92. The first kappa shape index (κ1) is 11.0. The Bertz CT molecular complexity index is 198. The smallest absolute Gasteiger partial charge is 0.00922 e. The van der Waals surface area contributed by atoms with E-state index >= 15 is 0 Å². The van der Waals surface area contributed by atoms with Gasteiger partial charge in [0.1, 0.15) is 0 Å². The lowest BCUT2D eigenvalue weighted by Crippen LogP contribution is -1.70. The van der Waals surface area contributed by atoms with Crippen LogP contribution in [0.1, 0.15) is 39.5 Å². The Morgan fingerprint density at radius 1 is 1.42 bits per heavy atom. The van der Waals surface area contributed by atoms with Crippen molar-refractivity contribution in [3.8, 4) is 11.8 Å². The fraction of sp³-hybridized carbons (Fsp3) is 0.500. The van der Waals surface area contributed by atoms with Crippen LogP contribution in [-0.4, -0.2) is 0 Å². The molecule has 0 aromatic rings. The van der Waals surface area contributed by atoms with E-state index in [1.807, 2.05) is 19.1 Å². The van der Waals surface area contributed by atoms with Gasteiger partial charge >= 0.3 is 0 Å². The van der Waals surface area contributed by atoms with Gasteiger partial charge in [-0.3, -0.25) is 0 Å². The Morgan fingerprint density at radius 3 is 2.75 bits per heavy atom. The monoisotopic (exact) mass is 162 g/mol. The topological polar surface area (TPSA) is 0 Å². The summed E-state index contributed by atoms with van der Waals surface area (Å²) in [5.41, 5.74) is 1.05. The Hall–Kier alpha value is -0.960. The maximum absolute atomic E-state index is 3.75. The van der Waals surface area contributed by atoms with E-state index in [0.717, 1.165) is 12.0 Å². The number of hydrogen-bond acceptors (Lipinski definition) is 0. The van der Waals surface area contributed by atoms with Crippen LogP contribution in [0.5, 0.6) is 0 Å². The van der Waals surface area contributed by atoms with Gasteiger partial charge in [0.05, 0.1) is 0 Å². The van der Waals surface area contributed by atoms with Crippen molar-refractivity contribution in [2.24, 2.45) is 0 Å². The normalized spacial score (nSPS) is 9.50. The molecule has 66 valence electrons. The van der Waals surface area contributed by atoms with Crippen LogP contribution in [0.15, 0.2) is 24.3 Å². The second kappa shape index (κ2) is 8.14. The molecule has 0 aliphatic heterocycles. The Morgan fingerprint density at radius 2 is 2.17 bits per heavy atom. The summed E-state index contributed by atoms with van der Waals surface area (Å²) in [5, 5.41) is 0. The quantitative estimate of drug-likeness (QED) is 0.336. The van der Waals surface area contributed by atoms with E-state index in [1.165, 1.54) is 19.3 Å². The number of hydrogen-bond donors (Lipinski definition) is 0. The molecule has 0 saturated carbocycles. The second-order valence-corrected chi connectivity index (χ2v) is 2.96. The first-order valence-corrected chi connectivity index (χ1v) is 4.57. The summed E-state index contributed by atoms with van der Waals surface area (Å²) in [7, 11) is 0. The third-order valence-corrected chi connectivity index (χ3v) is 1.46. The van der Waals surface area contributed by atoms with Crippen LogP contribution in [0, 0.1) is 11.8 Å². The minimum absolute atomic E-state index is 1.02. The van der Waals surface area contributed by atoms with Crippen molar-refractivity contribution in [3.63, 3.8) is 0 Å². The van der Waals surface area contributed by atoms with Crippen LogP contribution in [0.4, 0.5) is 0 Å². The highest BCUT2D eigenvalue weighted by Gasteiger charge is 1.79. The zero-order valence-corrected chi connectivity index (χ0v) is 8.19. The van der Waals surface area contributed by atoms with Crippen molar-refractivity contribution >= 4 is 0 Å². The SMILES string of the molecule is C=C(C)/C=C/C#CCCCCC. The molecule has 0 radical (unpaired) electrons. The number of unbranched alkanes of at least 4 members (excludes halogenated alkanes) is 3. The van der Waals surface area contributed by atoms with Gasteiger partial charge in [-0.05, 0) is 19.4 Å². The predicted molar refractivity (Wildman–Crippen MR) is 55.9 cm³/mol. The van der Waals surface area contributed by atoms with Gasteiger partial charge in [-0.25, -0.2) is 0 Å². The van der Waals surface area contributed by atoms with E-state index in [4.69, 9.17) is 0 Å². The van der Waals surface area contributed by atoms with Crippen LogP contribution in [0.25, 0.3) is 0 Å². The molecule has 0 aliphatic carbocycles.